The maximum Gasteiger partial charge on any atom is 0.255 e. The molecule has 98 valence electrons. The number of hydrogen-bond acceptors (Lipinski definition) is 3. The number of rotatable bonds is 4. The molecule has 0 aliphatic carbocycles. The van der Waals surface area contributed by atoms with Gasteiger partial charge in [0.1, 0.15) is 0 Å². The Labute approximate surface area is 122 Å². The summed E-state index contributed by atoms with van der Waals surface area (Å²) < 4.78 is 0. The lowest BCUT2D eigenvalue weighted by Crippen LogP contribution is -2.12. The van der Waals surface area contributed by atoms with Crippen LogP contribution in [0.5, 0.6) is 0 Å². The standard InChI is InChI=1S/C15H15NOS2/c1-18-12-9-7-11(8-10-12)15(17)16-13-5-3-4-6-14(13)19-2/h3-10H,1-2H3,(H,16,17). The summed E-state index contributed by atoms with van der Waals surface area (Å²) >= 11 is 3.28. The molecule has 19 heavy (non-hydrogen) atoms. The van der Waals surface area contributed by atoms with Crippen LogP contribution in [0.4, 0.5) is 5.69 Å². The van der Waals surface area contributed by atoms with Gasteiger partial charge in [0.25, 0.3) is 5.91 Å². The highest BCUT2D eigenvalue weighted by Gasteiger charge is 2.08. The molecule has 2 nitrogen and oxygen atoms in total. The van der Waals surface area contributed by atoms with Gasteiger partial charge < -0.3 is 5.32 Å². The van der Waals surface area contributed by atoms with Crippen molar-refractivity contribution < 1.29 is 4.79 Å². The van der Waals surface area contributed by atoms with Gasteiger partial charge in [-0.3, -0.25) is 4.79 Å². The number of thioether (sulfide) groups is 2. The molecule has 2 rings (SSSR count). The molecule has 0 bridgehead atoms. The Morgan fingerprint density at radius 2 is 1.63 bits per heavy atom. The molecule has 0 aliphatic rings. The highest BCUT2D eigenvalue weighted by molar-refractivity contribution is 7.99. The molecular weight excluding hydrogens is 274 g/mol. The first-order chi connectivity index (χ1) is 9.24. The highest BCUT2D eigenvalue weighted by atomic mass is 32.2. The minimum absolute atomic E-state index is 0.0749. The van der Waals surface area contributed by atoms with E-state index in [4.69, 9.17) is 0 Å². The molecule has 0 saturated carbocycles. The first kappa shape index (κ1) is 14.0. The van der Waals surface area contributed by atoms with Crippen LogP contribution in [0.2, 0.25) is 0 Å². The molecule has 0 aliphatic heterocycles. The number of benzene rings is 2. The number of para-hydroxylation sites is 1. The first-order valence-electron chi connectivity index (χ1n) is 5.83. The van der Waals surface area contributed by atoms with Crippen LogP contribution >= 0.6 is 23.5 Å². The number of nitrogens with one attached hydrogen (secondary N) is 1. The largest absolute Gasteiger partial charge is 0.321 e. The predicted octanol–water partition coefficient (Wildman–Crippen LogP) is 4.38. The Morgan fingerprint density at radius 3 is 2.26 bits per heavy atom. The lowest BCUT2D eigenvalue weighted by molar-refractivity contribution is 0.102. The summed E-state index contributed by atoms with van der Waals surface area (Å²) in [6, 6.07) is 15.4. The van der Waals surface area contributed by atoms with Crippen molar-refractivity contribution in [3.8, 4) is 0 Å². The van der Waals surface area contributed by atoms with Crippen molar-refractivity contribution in [2.75, 3.05) is 17.8 Å². The molecule has 1 N–H and O–H groups in total. The molecule has 0 radical (unpaired) electrons. The highest BCUT2D eigenvalue weighted by Crippen LogP contribution is 2.25. The number of carbonyl (C=O) groups excluding carboxylic acids is 1. The van der Waals surface area contributed by atoms with E-state index in [1.54, 1.807) is 23.5 Å². The van der Waals surface area contributed by atoms with Crippen molar-refractivity contribution in [2.24, 2.45) is 0 Å². The average molecular weight is 289 g/mol. The molecule has 0 unspecified atom stereocenters. The zero-order chi connectivity index (χ0) is 13.7. The maximum atomic E-state index is 12.2. The van der Waals surface area contributed by atoms with E-state index in [1.165, 1.54) is 0 Å². The van der Waals surface area contributed by atoms with Gasteiger partial charge in [0.05, 0.1) is 5.69 Å². The predicted molar refractivity (Wildman–Crippen MR) is 84.4 cm³/mol. The normalized spacial score (nSPS) is 10.2. The van der Waals surface area contributed by atoms with E-state index >= 15 is 0 Å². The van der Waals surface area contributed by atoms with E-state index < -0.39 is 0 Å². The zero-order valence-electron chi connectivity index (χ0n) is 10.8. The van der Waals surface area contributed by atoms with E-state index in [0.29, 0.717) is 5.56 Å². The van der Waals surface area contributed by atoms with E-state index in [-0.39, 0.29) is 5.91 Å². The number of hydrogen-bond donors (Lipinski definition) is 1. The van der Waals surface area contributed by atoms with Crippen molar-refractivity contribution in [1.29, 1.82) is 0 Å². The van der Waals surface area contributed by atoms with Crippen molar-refractivity contribution in [3.63, 3.8) is 0 Å². The third-order valence-corrected chi connectivity index (χ3v) is 4.25. The summed E-state index contributed by atoms with van der Waals surface area (Å²) in [7, 11) is 0. The third kappa shape index (κ3) is 3.55. The van der Waals surface area contributed by atoms with Gasteiger partial charge >= 0.3 is 0 Å². The second-order valence-electron chi connectivity index (χ2n) is 3.88. The van der Waals surface area contributed by atoms with Crippen LogP contribution in [0, 0.1) is 0 Å². The molecule has 0 atom stereocenters. The van der Waals surface area contributed by atoms with Gasteiger partial charge in [0.15, 0.2) is 0 Å². The summed E-state index contributed by atoms with van der Waals surface area (Å²) in [5.41, 5.74) is 1.53. The van der Waals surface area contributed by atoms with Gasteiger partial charge in [0, 0.05) is 15.4 Å². The minimum atomic E-state index is -0.0749. The lowest BCUT2D eigenvalue weighted by atomic mass is 10.2. The van der Waals surface area contributed by atoms with Crippen LogP contribution in [-0.4, -0.2) is 18.4 Å². The molecular formula is C15H15NOS2. The van der Waals surface area contributed by atoms with Gasteiger partial charge in [-0.1, -0.05) is 12.1 Å². The van der Waals surface area contributed by atoms with E-state index in [0.717, 1.165) is 15.5 Å². The molecule has 0 spiro atoms. The number of amides is 1. The number of carbonyl (C=O) groups is 1. The average Bonchev–Trinajstić information content (AvgIpc) is 2.48. The summed E-state index contributed by atoms with van der Waals surface area (Å²) in [5, 5.41) is 2.95. The third-order valence-electron chi connectivity index (χ3n) is 2.71. The Kier molecular flexibility index (Phi) is 4.93. The Balaban J connectivity index is 2.16. The Morgan fingerprint density at radius 1 is 0.947 bits per heavy atom. The fourth-order valence-corrected chi connectivity index (χ4v) is 2.65. The minimum Gasteiger partial charge on any atom is -0.321 e. The maximum absolute atomic E-state index is 12.2. The number of anilines is 1. The van der Waals surface area contributed by atoms with Crippen LogP contribution in [0.3, 0.4) is 0 Å². The van der Waals surface area contributed by atoms with Crippen LogP contribution < -0.4 is 5.32 Å². The summed E-state index contributed by atoms with van der Waals surface area (Å²) in [6.45, 7) is 0. The van der Waals surface area contributed by atoms with E-state index in [2.05, 4.69) is 5.32 Å². The second kappa shape index (κ2) is 6.68. The molecule has 0 heterocycles. The van der Waals surface area contributed by atoms with Gasteiger partial charge in [-0.2, -0.15) is 0 Å². The fourth-order valence-electron chi connectivity index (χ4n) is 1.68. The van der Waals surface area contributed by atoms with E-state index in [9.17, 15) is 4.79 Å². The monoisotopic (exact) mass is 289 g/mol. The summed E-state index contributed by atoms with van der Waals surface area (Å²) in [4.78, 5) is 14.4. The van der Waals surface area contributed by atoms with Gasteiger partial charge in [-0.05, 0) is 48.9 Å². The smallest absolute Gasteiger partial charge is 0.255 e. The van der Waals surface area contributed by atoms with Crippen LogP contribution in [0.25, 0.3) is 0 Å². The van der Waals surface area contributed by atoms with Crippen LogP contribution in [0.15, 0.2) is 58.3 Å². The van der Waals surface area contributed by atoms with Crippen molar-refractivity contribution in [2.45, 2.75) is 9.79 Å². The fraction of sp³-hybridized carbons (Fsp3) is 0.133. The van der Waals surface area contributed by atoms with Gasteiger partial charge in [-0.15, -0.1) is 23.5 Å². The van der Waals surface area contributed by atoms with E-state index in [1.807, 2.05) is 61.0 Å². The van der Waals surface area contributed by atoms with Crippen LogP contribution in [0.1, 0.15) is 10.4 Å². The van der Waals surface area contributed by atoms with Crippen molar-refractivity contribution in [1.82, 2.24) is 0 Å². The van der Waals surface area contributed by atoms with Crippen LogP contribution in [-0.2, 0) is 0 Å². The molecule has 2 aromatic rings. The SMILES string of the molecule is CSc1ccc(C(=O)Nc2ccccc2SC)cc1. The molecule has 0 saturated heterocycles. The lowest BCUT2D eigenvalue weighted by Gasteiger charge is -2.09. The van der Waals surface area contributed by atoms with Crippen molar-refractivity contribution >= 4 is 35.1 Å². The topological polar surface area (TPSA) is 29.1 Å². The summed E-state index contributed by atoms with van der Waals surface area (Å²) in [5.74, 6) is -0.0749. The molecule has 1 amide bonds. The molecule has 0 aromatic heterocycles. The summed E-state index contributed by atoms with van der Waals surface area (Å²) in [6.07, 6.45) is 4.02. The van der Waals surface area contributed by atoms with Crippen molar-refractivity contribution in [3.05, 3.63) is 54.1 Å². The van der Waals surface area contributed by atoms with Gasteiger partial charge in [0.2, 0.25) is 0 Å². The van der Waals surface area contributed by atoms with Gasteiger partial charge in [-0.25, -0.2) is 0 Å². The zero-order valence-corrected chi connectivity index (χ0v) is 12.5. The first-order valence-corrected chi connectivity index (χ1v) is 8.28. The quantitative estimate of drug-likeness (QED) is 0.847. The molecule has 4 heteroatoms. The Bertz CT molecular complexity index is 567. The molecule has 2 aromatic carbocycles. The molecule has 0 fully saturated rings. The second-order valence-corrected chi connectivity index (χ2v) is 5.61. The Hall–Kier alpha value is -1.39.